The van der Waals surface area contributed by atoms with Gasteiger partial charge in [0.15, 0.2) is 5.82 Å². The number of nitrogens with zero attached hydrogens (tertiary/aromatic N) is 3. The lowest BCUT2D eigenvalue weighted by molar-refractivity contribution is 0.102. The van der Waals surface area contributed by atoms with Crippen LogP contribution in [0.1, 0.15) is 60.9 Å². The van der Waals surface area contributed by atoms with E-state index in [1.54, 1.807) is 32.9 Å². The molecular weight excluding hydrogens is 440 g/mol. The largest absolute Gasteiger partial charge is 0.334 e. The van der Waals surface area contributed by atoms with E-state index >= 15 is 0 Å². The van der Waals surface area contributed by atoms with E-state index in [2.05, 4.69) is 15.5 Å². The van der Waals surface area contributed by atoms with E-state index in [9.17, 15) is 13.2 Å². The predicted octanol–water partition coefficient (Wildman–Crippen LogP) is 4.76. The predicted molar refractivity (Wildman–Crippen MR) is 128 cm³/mol. The number of sulfonamides is 1. The zero-order valence-electron chi connectivity index (χ0n) is 19.8. The van der Waals surface area contributed by atoms with E-state index in [1.165, 1.54) is 16.4 Å². The van der Waals surface area contributed by atoms with Crippen molar-refractivity contribution in [2.24, 2.45) is 0 Å². The van der Waals surface area contributed by atoms with Crippen LogP contribution in [0.4, 0.5) is 5.69 Å². The van der Waals surface area contributed by atoms with Gasteiger partial charge in [-0.05, 0) is 43.2 Å². The zero-order chi connectivity index (χ0) is 24.3. The van der Waals surface area contributed by atoms with Gasteiger partial charge >= 0.3 is 0 Å². The molecule has 9 heteroatoms. The van der Waals surface area contributed by atoms with Crippen molar-refractivity contribution in [1.82, 2.24) is 14.4 Å². The minimum absolute atomic E-state index is 0.0884. The number of rotatable bonds is 8. The maximum absolute atomic E-state index is 13.3. The third kappa shape index (κ3) is 4.99. The highest BCUT2D eigenvalue weighted by Crippen LogP contribution is 2.31. The second-order valence-corrected chi connectivity index (χ2v) is 10.1. The molecule has 33 heavy (non-hydrogen) atoms. The van der Waals surface area contributed by atoms with Crippen LogP contribution >= 0.6 is 0 Å². The molecule has 1 N–H and O–H groups in total. The molecule has 0 bridgehead atoms. The number of hydrogen-bond donors (Lipinski definition) is 1. The van der Waals surface area contributed by atoms with E-state index in [1.807, 2.05) is 32.9 Å². The number of nitrogens with one attached hydrogen (secondary N) is 1. The lowest BCUT2D eigenvalue weighted by Crippen LogP contribution is -2.30. The zero-order valence-corrected chi connectivity index (χ0v) is 20.7. The Morgan fingerprint density at radius 2 is 1.79 bits per heavy atom. The molecule has 8 nitrogen and oxygen atoms in total. The average Bonchev–Trinajstić information content (AvgIpc) is 3.26. The van der Waals surface area contributed by atoms with Crippen LogP contribution in [-0.2, 0) is 10.0 Å². The Labute approximate surface area is 195 Å². The molecule has 0 spiro atoms. The van der Waals surface area contributed by atoms with Crippen molar-refractivity contribution in [3.8, 4) is 11.5 Å². The first kappa shape index (κ1) is 24.6. The van der Waals surface area contributed by atoms with Gasteiger partial charge in [-0.15, -0.1) is 0 Å². The summed E-state index contributed by atoms with van der Waals surface area (Å²) in [5.74, 6) is 0.577. The normalized spacial score (nSPS) is 11.9. The molecule has 0 saturated heterocycles. The van der Waals surface area contributed by atoms with E-state index in [0.717, 1.165) is 5.56 Å². The van der Waals surface area contributed by atoms with Gasteiger partial charge in [0.1, 0.15) is 0 Å². The maximum atomic E-state index is 13.3. The molecule has 0 aliphatic carbocycles. The summed E-state index contributed by atoms with van der Waals surface area (Å²) in [6.45, 7) is 11.8. The van der Waals surface area contributed by atoms with Crippen LogP contribution in [0.2, 0.25) is 0 Å². The Kier molecular flexibility index (Phi) is 7.34. The summed E-state index contributed by atoms with van der Waals surface area (Å²) in [5, 5.41) is 6.95. The molecule has 0 aliphatic rings. The lowest BCUT2D eigenvalue weighted by Gasteiger charge is -2.19. The number of aromatic nitrogens is 2. The molecule has 0 fully saturated rings. The molecule has 176 valence electrons. The average molecular weight is 471 g/mol. The summed E-state index contributed by atoms with van der Waals surface area (Å²) in [6.07, 6.45) is 0. The van der Waals surface area contributed by atoms with Gasteiger partial charge in [0.25, 0.3) is 11.8 Å². The van der Waals surface area contributed by atoms with Gasteiger partial charge in [-0.3, -0.25) is 4.79 Å². The summed E-state index contributed by atoms with van der Waals surface area (Å²) < 4.78 is 32.7. The second kappa shape index (κ2) is 9.84. The molecule has 1 amide bonds. The standard InChI is InChI=1S/C24H30N4O4S/c1-7-28(8-2)33(30,31)18-13-12-16(5)20(14-18)23(29)25-21-17(6)10-9-11-19(21)24-26-22(15(3)4)27-32-24/h9-15H,7-8H2,1-6H3,(H,25,29). The molecule has 0 saturated carbocycles. The van der Waals surface area contributed by atoms with Crippen LogP contribution in [-0.4, -0.2) is 41.9 Å². The highest BCUT2D eigenvalue weighted by Gasteiger charge is 2.24. The summed E-state index contributed by atoms with van der Waals surface area (Å²) >= 11 is 0. The van der Waals surface area contributed by atoms with E-state index in [-0.39, 0.29) is 16.4 Å². The van der Waals surface area contributed by atoms with Crippen LogP contribution in [0.25, 0.3) is 11.5 Å². The number of para-hydroxylation sites is 1. The molecular formula is C24H30N4O4S. The minimum atomic E-state index is -3.69. The lowest BCUT2D eigenvalue weighted by atomic mass is 10.1. The van der Waals surface area contributed by atoms with Crippen molar-refractivity contribution >= 4 is 21.6 Å². The van der Waals surface area contributed by atoms with E-state index in [4.69, 9.17) is 4.52 Å². The van der Waals surface area contributed by atoms with Gasteiger partial charge in [0.2, 0.25) is 10.0 Å². The van der Waals surface area contributed by atoms with Gasteiger partial charge in [-0.25, -0.2) is 8.42 Å². The quantitative estimate of drug-likeness (QED) is 0.509. The van der Waals surface area contributed by atoms with E-state index in [0.29, 0.717) is 41.6 Å². The molecule has 0 aliphatic heterocycles. The number of carbonyl (C=O) groups excluding carboxylic acids is 1. The first-order valence-electron chi connectivity index (χ1n) is 11.0. The van der Waals surface area contributed by atoms with Crippen LogP contribution < -0.4 is 5.32 Å². The van der Waals surface area contributed by atoms with Crippen molar-refractivity contribution in [3.05, 3.63) is 58.9 Å². The highest BCUT2D eigenvalue weighted by molar-refractivity contribution is 7.89. The molecule has 1 aromatic heterocycles. The molecule has 0 unspecified atom stereocenters. The van der Waals surface area contributed by atoms with Crippen LogP contribution in [0.5, 0.6) is 0 Å². The number of hydrogen-bond acceptors (Lipinski definition) is 6. The molecule has 1 heterocycles. The summed E-state index contributed by atoms with van der Waals surface area (Å²) in [7, 11) is -3.69. The molecule has 3 aromatic rings. The Hall–Kier alpha value is -3.04. The monoisotopic (exact) mass is 470 g/mol. The van der Waals surface area contributed by atoms with Crippen LogP contribution in [0.15, 0.2) is 45.8 Å². The van der Waals surface area contributed by atoms with Gasteiger partial charge in [-0.1, -0.05) is 51.1 Å². The Bertz CT molecular complexity index is 1260. The van der Waals surface area contributed by atoms with Gasteiger partial charge < -0.3 is 9.84 Å². The third-order valence-corrected chi connectivity index (χ3v) is 7.54. The molecule has 0 radical (unpaired) electrons. The number of benzene rings is 2. The molecule has 3 rings (SSSR count). The highest BCUT2D eigenvalue weighted by atomic mass is 32.2. The number of anilines is 1. The molecule has 2 aromatic carbocycles. The SMILES string of the molecule is CCN(CC)S(=O)(=O)c1ccc(C)c(C(=O)Nc2c(C)cccc2-c2nc(C(C)C)no2)c1. The van der Waals surface area contributed by atoms with Crippen molar-refractivity contribution in [2.75, 3.05) is 18.4 Å². The number of amides is 1. The second-order valence-electron chi connectivity index (χ2n) is 8.13. The minimum Gasteiger partial charge on any atom is -0.334 e. The van der Waals surface area contributed by atoms with Crippen molar-refractivity contribution in [2.45, 2.75) is 52.4 Å². The van der Waals surface area contributed by atoms with Crippen molar-refractivity contribution in [1.29, 1.82) is 0 Å². The Morgan fingerprint density at radius 3 is 2.39 bits per heavy atom. The third-order valence-electron chi connectivity index (χ3n) is 5.50. The Morgan fingerprint density at radius 1 is 1.09 bits per heavy atom. The summed E-state index contributed by atoms with van der Waals surface area (Å²) in [5.41, 5.74) is 2.91. The Balaban J connectivity index is 2.00. The topological polar surface area (TPSA) is 105 Å². The number of aryl methyl sites for hydroxylation is 2. The first-order chi connectivity index (χ1) is 15.6. The fourth-order valence-electron chi connectivity index (χ4n) is 3.49. The van der Waals surface area contributed by atoms with Crippen molar-refractivity contribution in [3.63, 3.8) is 0 Å². The smallest absolute Gasteiger partial charge is 0.260 e. The van der Waals surface area contributed by atoms with E-state index < -0.39 is 15.9 Å². The molecule has 0 atom stereocenters. The van der Waals surface area contributed by atoms with Crippen LogP contribution in [0.3, 0.4) is 0 Å². The van der Waals surface area contributed by atoms with Gasteiger partial charge in [0.05, 0.1) is 16.1 Å². The van der Waals surface area contributed by atoms with Gasteiger partial charge in [0, 0.05) is 24.6 Å². The maximum Gasteiger partial charge on any atom is 0.260 e. The van der Waals surface area contributed by atoms with Crippen molar-refractivity contribution < 1.29 is 17.7 Å². The van der Waals surface area contributed by atoms with Crippen LogP contribution in [0, 0.1) is 13.8 Å². The summed E-state index contributed by atoms with van der Waals surface area (Å²) in [6, 6.07) is 10.1. The fourth-order valence-corrected chi connectivity index (χ4v) is 4.98. The number of carbonyl (C=O) groups is 1. The fraction of sp³-hybridized carbons (Fsp3) is 0.375. The van der Waals surface area contributed by atoms with Gasteiger partial charge in [-0.2, -0.15) is 9.29 Å². The summed E-state index contributed by atoms with van der Waals surface area (Å²) in [4.78, 5) is 17.8. The first-order valence-corrected chi connectivity index (χ1v) is 12.4.